The standard InChI is InChI=1S/C9H9BrN2O2/c1-4-6(10)3-11-9-7(4)12-8(13)5(2)14-9/h3,5H,1-2H3,(H,12,13). The number of halogens is 1. The molecule has 1 aliphatic rings. The molecule has 0 saturated carbocycles. The van der Waals surface area contributed by atoms with Crippen molar-refractivity contribution in [1.29, 1.82) is 0 Å². The number of aromatic nitrogens is 1. The molecule has 1 aliphatic heterocycles. The maximum atomic E-state index is 11.3. The summed E-state index contributed by atoms with van der Waals surface area (Å²) in [4.78, 5) is 15.4. The van der Waals surface area contributed by atoms with Crippen molar-refractivity contribution in [1.82, 2.24) is 4.98 Å². The predicted octanol–water partition coefficient (Wildman–Crippen LogP) is 1.87. The molecule has 1 aromatic rings. The Bertz CT molecular complexity index is 406. The van der Waals surface area contributed by atoms with E-state index in [-0.39, 0.29) is 5.91 Å². The van der Waals surface area contributed by atoms with Crippen LogP contribution in [0.15, 0.2) is 10.7 Å². The molecule has 14 heavy (non-hydrogen) atoms. The van der Waals surface area contributed by atoms with Gasteiger partial charge in [0.2, 0.25) is 5.88 Å². The maximum Gasteiger partial charge on any atom is 0.265 e. The molecule has 0 spiro atoms. The monoisotopic (exact) mass is 256 g/mol. The largest absolute Gasteiger partial charge is 0.463 e. The maximum absolute atomic E-state index is 11.3. The number of pyridine rings is 1. The third-order valence-electron chi connectivity index (χ3n) is 2.15. The van der Waals surface area contributed by atoms with Crippen LogP contribution in [0.1, 0.15) is 12.5 Å². The molecule has 4 nitrogen and oxygen atoms in total. The summed E-state index contributed by atoms with van der Waals surface area (Å²) in [6.45, 7) is 3.58. The highest BCUT2D eigenvalue weighted by molar-refractivity contribution is 9.10. The van der Waals surface area contributed by atoms with E-state index in [4.69, 9.17) is 4.74 Å². The lowest BCUT2D eigenvalue weighted by molar-refractivity contribution is -0.122. The van der Waals surface area contributed by atoms with E-state index in [1.54, 1.807) is 13.1 Å². The van der Waals surface area contributed by atoms with Crippen LogP contribution in [0.2, 0.25) is 0 Å². The molecule has 1 unspecified atom stereocenters. The Morgan fingerprint density at radius 2 is 2.36 bits per heavy atom. The molecule has 74 valence electrons. The molecule has 1 amide bonds. The normalized spacial score (nSPS) is 19.6. The van der Waals surface area contributed by atoms with Crippen LogP contribution in [0.3, 0.4) is 0 Å². The number of carbonyl (C=O) groups is 1. The predicted molar refractivity (Wildman–Crippen MR) is 55.4 cm³/mol. The molecule has 5 heteroatoms. The fourth-order valence-corrected chi connectivity index (χ4v) is 1.54. The molecule has 1 aromatic heterocycles. The molecule has 0 aromatic carbocycles. The summed E-state index contributed by atoms with van der Waals surface area (Å²) in [5.74, 6) is 0.346. The summed E-state index contributed by atoms with van der Waals surface area (Å²) >= 11 is 3.34. The fraction of sp³-hybridized carbons (Fsp3) is 0.333. The first-order valence-corrected chi connectivity index (χ1v) is 5.01. The first-order valence-electron chi connectivity index (χ1n) is 4.22. The molecule has 2 heterocycles. The zero-order valence-corrected chi connectivity index (χ0v) is 9.38. The molecule has 0 aliphatic carbocycles. The second kappa shape index (κ2) is 3.24. The van der Waals surface area contributed by atoms with Gasteiger partial charge >= 0.3 is 0 Å². The lowest BCUT2D eigenvalue weighted by atomic mass is 10.2. The van der Waals surface area contributed by atoms with Crippen molar-refractivity contribution in [3.8, 4) is 5.88 Å². The van der Waals surface area contributed by atoms with Crippen LogP contribution >= 0.6 is 15.9 Å². The molecule has 1 atom stereocenters. The number of carbonyl (C=O) groups excluding carboxylic acids is 1. The first kappa shape index (κ1) is 9.45. The number of rotatable bonds is 0. The zero-order chi connectivity index (χ0) is 10.3. The summed E-state index contributed by atoms with van der Waals surface area (Å²) in [5, 5.41) is 2.76. The minimum atomic E-state index is -0.476. The lowest BCUT2D eigenvalue weighted by Crippen LogP contribution is -2.35. The molecule has 2 rings (SSSR count). The van der Waals surface area contributed by atoms with Gasteiger partial charge in [0.25, 0.3) is 5.91 Å². The summed E-state index contributed by atoms with van der Waals surface area (Å²) in [6.07, 6.45) is 1.19. The second-order valence-corrected chi connectivity index (χ2v) is 4.01. The molecule has 0 radical (unpaired) electrons. The van der Waals surface area contributed by atoms with Gasteiger partial charge in [-0.25, -0.2) is 4.98 Å². The Morgan fingerprint density at radius 1 is 1.64 bits per heavy atom. The number of hydrogen-bond acceptors (Lipinski definition) is 3. The minimum absolute atomic E-state index is 0.138. The summed E-state index contributed by atoms with van der Waals surface area (Å²) in [5.41, 5.74) is 1.58. The van der Waals surface area contributed by atoms with E-state index < -0.39 is 6.10 Å². The Kier molecular flexibility index (Phi) is 2.19. The summed E-state index contributed by atoms with van der Waals surface area (Å²) in [6, 6.07) is 0. The number of nitrogens with zero attached hydrogens (tertiary/aromatic N) is 1. The van der Waals surface area contributed by atoms with Crippen molar-refractivity contribution in [2.75, 3.05) is 5.32 Å². The highest BCUT2D eigenvalue weighted by Crippen LogP contribution is 2.33. The van der Waals surface area contributed by atoms with Crippen molar-refractivity contribution in [3.63, 3.8) is 0 Å². The van der Waals surface area contributed by atoms with Gasteiger partial charge < -0.3 is 10.1 Å². The van der Waals surface area contributed by atoms with Gasteiger partial charge in [-0.05, 0) is 35.3 Å². The van der Waals surface area contributed by atoms with Gasteiger partial charge in [0.15, 0.2) is 6.10 Å². The quantitative estimate of drug-likeness (QED) is 0.771. The van der Waals surface area contributed by atoms with Crippen LogP contribution in [0.4, 0.5) is 5.69 Å². The lowest BCUT2D eigenvalue weighted by Gasteiger charge is -2.23. The van der Waals surface area contributed by atoms with E-state index in [0.29, 0.717) is 11.6 Å². The van der Waals surface area contributed by atoms with E-state index in [1.807, 2.05) is 6.92 Å². The number of anilines is 1. The van der Waals surface area contributed by atoms with Crippen LogP contribution in [-0.2, 0) is 4.79 Å². The van der Waals surface area contributed by atoms with Crippen molar-refractivity contribution in [2.45, 2.75) is 20.0 Å². The molecular weight excluding hydrogens is 248 g/mol. The van der Waals surface area contributed by atoms with Crippen LogP contribution in [0.25, 0.3) is 0 Å². The number of amides is 1. The average molecular weight is 257 g/mol. The van der Waals surface area contributed by atoms with Gasteiger partial charge in [-0.2, -0.15) is 0 Å². The Balaban J connectivity index is 2.52. The molecule has 0 fully saturated rings. The van der Waals surface area contributed by atoms with E-state index in [2.05, 4.69) is 26.2 Å². The van der Waals surface area contributed by atoms with Gasteiger partial charge in [0.1, 0.15) is 5.69 Å². The SMILES string of the molecule is Cc1c(Br)cnc2c1NC(=O)C(C)O2. The van der Waals surface area contributed by atoms with Crippen LogP contribution in [0.5, 0.6) is 5.88 Å². The van der Waals surface area contributed by atoms with Crippen LogP contribution in [0, 0.1) is 6.92 Å². The van der Waals surface area contributed by atoms with Crippen LogP contribution in [-0.4, -0.2) is 17.0 Å². The molecular formula is C9H9BrN2O2. The second-order valence-electron chi connectivity index (χ2n) is 3.16. The third-order valence-corrected chi connectivity index (χ3v) is 2.95. The average Bonchev–Trinajstić information content (AvgIpc) is 2.15. The van der Waals surface area contributed by atoms with E-state index >= 15 is 0 Å². The smallest absolute Gasteiger partial charge is 0.265 e. The van der Waals surface area contributed by atoms with Crippen molar-refractivity contribution < 1.29 is 9.53 Å². The van der Waals surface area contributed by atoms with E-state index in [9.17, 15) is 4.79 Å². The fourth-order valence-electron chi connectivity index (χ4n) is 1.24. The summed E-state index contributed by atoms with van der Waals surface area (Å²) < 4.78 is 6.19. The van der Waals surface area contributed by atoms with Gasteiger partial charge in [-0.15, -0.1) is 0 Å². The minimum Gasteiger partial charge on any atom is -0.463 e. The highest BCUT2D eigenvalue weighted by atomic mass is 79.9. The Labute approximate surface area is 89.8 Å². The van der Waals surface area contributed by atoms with Crippen LogP contribution < -0.4 is 10.1 Å². The zero-order valence-electron chi connectivity index (χ0n) is 7.80. The van der Waals surface area contributed by atoms with E-state index in [0.717, 1.165) is 10.0 Å². The number of fused-ring (bicyclic) bond motifs is 1. The van der Waals surface area contributed by atoms with Crippen molar-refractivity contribution >= 4 is 27.5 Å². The number of ether oxygens (including phenoxy) is 1. The Morgan fingerprint density at radius 3 is 3.07 bits per heavy atom. The Hall–Kier alpha value is -1.10. The number of hydrogen-bond donors (Lipinski definition) is 1. The van der Waals surface area contributed by atoms with Crippen molar-refractivity contribution in [3.05, 3.63) is 16.2 Å². The van der Waals surface area contributed by atoms with Gasteiger partial charge in [0.05, 0.1) is 0 Å². The van der Waals surface area contributed by atoms with E-state index in [1.165, 1.54) is 0 Å². The highest BCUT2D eigenvalue weighted by Gasteiger charge is 2.26. The van der Waals surface area contributed by atoms with Gasteiger partial charge in [-0.1, -0.05) is 0 Å². The summed E-state index contributed by atoms with van der Waals surface area (Å²) in [7, 11) is 0. The number of nitrogens with one attached hydrogen (secondary N) is 1. The molecule has 0 bridgehead atoms. The van der Waals surface area contributed by atoms with Crippen molar-refractivity contribution in [2.24, 2.45) is 0 Å². The van der Waals surface area contributed by atoms with Gasteiger partial charge in [-0.3, -0.25) is 4.79 Å². The third kappa shape index (κ3) is 1.37. The molecule has 0 saturated heterocycles. The van der Waals surface area contributed by atoms with Gasteiger partial charge in [0, 0.05) is 10.7 Å². The first-order chi connectivity index (χ1) is 6.59. The topological polar surface area (TPSA) is 51.2 Å². The molecule has 1 N–H and O–H groups in total.